The van der Waals surface area contributed by atoms with E-state index in [-0.39, 0.29) is 11.8 Å². The van der Waals surface area contributed by atoms with Crippen molar-refractivity contribution in [2.24, 2.45) is 0 Å². The van der Waals surface area contributed by atoms with Crippen molar-refractivity contribution in [3.63, 3.8) is 0 Å². The number of aryl methyl sites for hydroxylation is 1. The SMILES string of the molecule is Cc1ccc([C@H](CC(=O)NCCc2csc(N)n2)c2ccccc2)cc1. The fourth-order valence-corrected chi connectivity index (χ4v) is 3.53. The fourth-order valence-electron chi connectivity index (χ4n) is 2.94. The zero-order valence-electron chi connectivity index (χ0n) is 14.8. The van der Waals surface area contributed by atoms with Gasteiger partial charge in [0.25, 0.3) is 0 Å². The van der Waals surface area contributed by atoms with Crippen LogP contribution in [0.3, 0.4) is 0 Å². The summed E-state index contributed by atoms with van der Waals surface area (Å²) >= 11 is 1.42. The number of thiazole rings is 1. The third-order valence-corrected chi connectivity index (χ3v) is 5.07. The maximum absolute atomic E-state index is 12.5. The van der Waals surface area contributed by atoms with E-state index in [1.54, 1.807) is 0 Å². The number of hydrogen-bond acceptors (Lipinski definition) is 4. The molecule has 1 amide bonds. The van der Waals surface area contributed by atoms with Crippen LogP contribution in [-0.2, 0) is 11.2 Å². The Bertz CT molecular complexity index is 843. The number of benzene rings is 2. The number of aromatic nitrogens is 1. The normalized spacial score (nSPS) is 11.9. The molecular formula is C21H23N3OS. The van der Waals surface area contributed by atoms with Crippen molar-refractivity contribution in [3.8, 4) is 0 Å². The van der Waals surface area contributed by atoms with Gasteiger partial charge in [-0.25, -0.2) is 4.98 Å². The van der Waals surface area contributed by atoms with Crippen LogP contribution in [0.5, 0.6) is 0 Å². The van der Waals surface area contributed by atoms with Crippen molar-refractivity contribution in [2.45, 2.75) is 25.7 Å². The van der Waals surface area contributed by atoms with Gasteiger partial charge in [0, 0.05) is 30.7 Å². The van der Waals surface area contributed by atoms with Gasteiger partial charge in [0.15, 0.2) is 5.13 Å². The molecule has 0 bridgehead atoms. The molecule has 3 N–H and O–H groups in total. The van der Waals surface area contributed by atoms with E-state index in [0.717, 1.165) is 16.8 Å². The summed E-state index contributed by atoms with van der Waals surface area (Å²) in [4.78, 5) is 16.7. The molecule has 0 saturated carbocycles. The van der Waals surface area contributed by atoms with Crippen LogP contribution in [0.2, 0.25) is 0 Å². The van der Waals surface area contributed by atoms with Gasteiger partial charge < -0.3 is 11.1 Å². The van der Waals surface area contributed by atoms with Crippen LogP contribution in [0.4, 0.5) is 5.13 Å². The first kappa shape index (κ1) is 18.1. The number of nitrogens with zero attached hydrogens (tertiary/aromatic N) is 1. The van der Waals surface area contributed by atoms with Gasteiger partial charge in [-0.3, -0.25) is 4.79 Å². The van der Waals surface area contributed by atoms with Gasteiger partial charge in [0.05, 0.1) is 5.69 Å². The summed E-state index contributed by atoms with van der Waals surface area (Å²) in [6, 6.07) is 18.6. The molecular weight excluding hydrogens is 342 g/mol. The molecule has 26 heavy (non-hydrogen) atoms. The number of hydrogen-bond donors (Lipinski definition) is 2. The summed E-state index contributed by atoms with van der Waals surface area (Å²) in [7, 11) is 0. The molecule has 3 rings (SSSR count). The molecule has 0 aliphatic heterocycles. The Hall–Kier alpha value is -2.66. The first-order chi connectivity index (χ1) is 12.6. The van der Waals surface area contributed by atoms with E-state index in [1.165, 1.54) is 16.9 Å². The molecule has 1 atom stereocenters. The number of nitrogens with one attached hydrogen (secondary N) is 1. The number of nitrogens with two attached hydrogens (primary N) is 1. The van der Waals surface area contributed by atoms with Crippen LogP contribution < -0.4 is 11.1 Å². The molecule has 0 fully saturated rings. The average Bonchev–Trinajstić information content (AvgIpc) is 3.06. The first-order valence-corrected chi connectivity index (χ1v) is 9.58. The molecule has 1 heterocycles. The van der Waals surface area contributed by atoms with Crippen molar-refractivity contribution >= 4 is 22.4 Å². The van der Waals surface area contributed by atoms with Crippen LogP contribution >= 0.6 is 11.3 Å². The Morgan fingerprint density at radius 2 is 1.81 bits per heavy atom. The summed E-state index contributed by atoms with van der Waals surface area (Å²) in [6.45, 7) is 2.64. The molecule has 3 aromatic rings. The topological polar surface area (TPSA) is 68.0 Å². The minimum atomic E-state index is 0.0441. The number of anilines is 1. The molecule has 1 aromatic heterocycles. The van der Waals surface area contributed by atoms with E-state index in [4.69, 9.17) is 5.73 Å². The lowest BCUT2D eigenvalue weighted by Crippen LogP contribution is -2.27. The van der Waals surface area contributed by atoms with Gasteiger partial charge in [-0.05, 0) is 18.1 Å². The zero-order valence-corrected chi connectivity index (χ0v) is 15.6. The third kappa shape index (κ3) is 4.92. The van der Waals surface area contributed by atoms with Gasteiger partial charge in [-0.2, -0.15) is 0 Å². The predicted molar refractivity (Wildman–Crippen MR) is 107 cm³/mol. The number of rotatable bonds is 7. The van der Waals surface area contributed by atoms with Crippen molar-refractivity contribution in [3.05, 3.63) is 82.4 Å². The lowest BCUT2D eigenvalue weighted by Gasteiger charge is -2.18. The molecule has 0 spiro atoms. The van der Waals surface area contributed by atoms with Crippen LogP contribution in [0.25, 0.3) is 0 Å². The highest BCUT2D eigenvalue weighted by molar-refractivity contribution is 7.13. The molecule has 134 valence electrons. The van der Waals surface area contributed by atoms with Gasteiger partial charge in [0.1, 0.15) is 0 Å². The molecule has 2 aromatic carbocycles. The van der Waals surface area contributed by atoms with E-state index < -0.39 is 0 Å². The Kier molecular flexibility index (Phi) is 6.02. The molecule has 0 aliphatic carbocycles. The van der Waals surface area contributed by atoms with Gasteiger partial charge in [0.2, 0.25) is 5.91 Å². The highest BCUT2D eigenvalue weighted by Gasteiger charge is 2.18. The number of amides is 1. The summed E-state index contributed by atoms with van der Waals surface area (Å²) in [5.74, 6) is 0.0920. The van der Waals surface area contributed by atoms with Crippen LogP contribution in [0.1, 0.15) is 34.7 Å². The minimum absolute atomic E-state index is 0.0441. The largest absolute Gasteiger partial charge is 0.375 e. The van der Waals surface area contributed by atoms with E-state index in [1.807, 2.05) is 23.6 Å². The van der Waals surface area contributed by atoms with Crippen molar-refractivity contribution in [1.29, 1.82) is 0 Å². The first-order valence-electron chi connectivity index (χ1n) is 8.70. The lowest BCUT2D eigenvalue weighted by atomic mass is 9.88. The van der Waals surface area contributed by atoms with Crippen molar-refractivity contribution in [1.82, 2.24) is 10.3 Å². The maximum atomic E-state index is 12.5. The summed E-state index contributed by atoms with van der Waals surface area (Å²) in [5.41, 5.74) is 10.1. The Morgan fingerprint density at radius 3 is 2.46 bits per heavy atom. The average molecular weight is 366 g/mol. The minimum Gasteiger partial charge on any atom is -0.375 e. The standard InChI is InChI=1S/C21H23N3OS/c1-15-7-9-17(10-8-15)19(16-5-3-2-4-6-16)13-20(25)23-12-11-18-14-26-21(22)24-18/h2-10,14,19H,11-13H2,1H3,(H2,22,24)(H,23,25)/t19-/m1/s1. The number of nitrogen functional groups attached to an aromatic ring is 1. The quantitative estimate of drug-likeness (QED) is 0.667. The van der Waals surface area contributed by atoms with E-state index in [9.17, 15) is 4.79 Å². The Morgan fingerprint density at radius 1 is 1.12 bits per heavy atom. The van der Waals surface area contributed by atoms with Gasteiger partial charge in [-0.15, -0.1) is 11.3 Å². The fraction of sp³-hybridized carbons (Fsp3) is 0.238. The summed E-state index contributed by atoms with van der Waals surface area (Å²) < 4.78 is 0. The number of carbonyl (C=O) groups excluding carboxylic acids is 1. The van der Waals surface area contributed by atoms with Crippen LogP contribution in [-0.4, -0.2) is 17.4 Å². The lowest BCUT2D eigenvalue weighted by molar-refractivity contribution is -0.121. The van der Waals surface area contributed by atoms with Crippen molar-refractivity contribution < 1.29 is 4.79 Å². The molecule has 5 heteroatoms. The van der Waals surface area contributed by atoms with E-state index in [2.05, 4.69) is 53.6 Å². The second-order valence-corrected chi connectivity index (χ2v) is 7.24. The summed E-state index contributed by atoms with van der Waals surface area (Å²) in [6.07, 6.45) is 1.12. The molecule has 0 radical (unpaired) electrons. The third-order valence-electron chi connectivity index (χ3n) is 4.34. The molecule has 0 aliphatic rings. The second kappa shape index (κ2) is 8.63. The second-order valence-electron chi connectivity index (χ2n) is 6.36. The smallest absolute Gasteiger partial charge is 0.220 e. The zero-order chi connectivity index (χ0) is 18.4. The Labute approximate surface area is 158 Å². The van der Waals surface area contributed by atoms with E-state index >= 15 is 0 Å². The summed E-state index contributed by atoms with van der Waals surface area (Å²) in [5, 5.41) is 5.50. The monoisotopic (exact) mass is 365 g/mol. The van der Waals surface area contributed by atoms with Gasteiger partial charge >= 0.3 is 0 Å². The van der Waals surface area contributed by atoms with Crippen molar-refractivity contribution in [2.75, 3.05) is 12.3 Å². The van der Waals surface area contributed by atoms with E-state index in [0.29, 0.717) is 24.5 Å². The molecule has 4 nitrogen and oxygen atoms in total. The number of carbonyl (C=O) groups is 1. The van der Waals surface area contributed by atoms with Crippen LogP contribution in [0, 0.1) is 6.92 Å². The van der Waals surface area contributed by atoms with Crippen LogP contribution in [0.15, 0.2) is 60.0 Å². The highest BCUT2D eigenvalue weighted by Crippen LogP contribution is 2.28. The molecule has 0 saturated heterocycles. The Balaban J connectivity index is 1.65. The maximum Gasteiger partial charge on any atom is 0.220 e. The predicted octanol–water partition coefficient (Wildman–Crippen LogP) is 3.91. The van der Waals surface area contributed by atoms with Gasteiger partial charge in [-0.1, -0.05) is 60.2 Å². The molecule has 0 unspecified atom stereocenters. The highest BCUT2D eigenvalue weighted by atomic mass is 32.1.